The topological polar surface area (TPSA) is 80.3 Å². The van der Waals surface area contributed by atoms with Crippen LogP contribution in [0.25, 0.3) is 0 Å². The van der Waals surface area contributed by atoms with E-state index in [1.807, 2.05) is 6.92 Å². The molecule has 6 nitrogen and oxygen atoms in total. The van der Waals surface area contributed by atoms with Gasteiger partial charge in [-0.2, -0.15) is 8.42 Å². The second-order valence-corrected chi connectivity index (χ2v) is 5.82. The number of aromatic nitrogens is 1. The van der Waals surface area contributed by atoms with Gasteiger partial charge in [0.25, 0.3) is 10.0 Å². The van der Waals surface area contributed by atoms with Crippen molar-refractivity contribution in [3.05, 3.63) is 42.6 Å². The van der Waals surface area contributed by atoms with Crippen LogP contribution in [0, 0.1) is 0 Å². The van der Waals surface area contributed by atoms with Crippen LogP contribution >= 0.6 is 0 Å². The van der Waals surface area contributed by atoms with Crippen LogP contribution in [-0.2, 0) is 10.0 Å². The van der Waals surface area contributed by atoms with Gasteiger partial charge in [-0.15, -0.1) is 0 Å². The molecule has 1 heterocycles. The summed E-state index contributed by atoms with van der Waals surface area (Å²) < 4.78 is 32.3. The Balaban J connectivity index is 2.29. The van der Waals surface area contributed by atoms with Crippen molar-refractivity contribution in [2.24, 2.45) is 0 Å². The Morgan fingerprint density at radius 1 is 1.19 bits per heavy atom. The van der Waals surface area contributed by atoms with Crippen molar-refractivity contribution in [3.63, 3.8) is 0 Å². The predicted molar refractivity (Wildman–Crippen MR) is 82.2 cm³/mol. The average Bonchev–Trinajstić information content (AvgIpc) is 2.48. The normalized spacial score (nSPS) is 11.0. The van der Waals surface area contributed by atoms with E-state index in [9.17, 15) is 8.42 Å². The largest absolute Gasteiger partial charge is 0.497 e. The van der Waals surface area contributed by atoms with Crippen molar-refractivity contribution in [2.45, 2.75) is 11.9 Å². The van der Waals surface area contributed by atoms with E-state index in [0.717, 1.165) is 0 Å². The summed E-state index contributed by atoms with van der Waals surface area (Å²) in [6.45, 7) is 2.50. The molecule has 0 bridgehead atoms. The maximum Gasteiger partial charge on any atom is 0.281 e. The van der Waals surface area contributed by atoms with Gasteiger partial charge in [0.1, 0.15) is 5.75 Å². The zero-order chi connectivity index (χ0) is 15.3. The highest BCUT2D eigenvalue weighted by atomic mass is 32.2. The zero-order valence-corrected chi connectivity index (χ0v) is 12.6. The van der Waals surface area contributed by atoms with Gasteiger partial charge < -0.3 is 10.1 Å². The minimum atomic E-state index is -3.75. The van der Waals surface area contributed by atoms with E-state index < -0.39 is 10.0 Å². The number of nitrogens with one attached hydrogen (secondary N) is 2. The molecule has 0 spiro atoms. The van der Waals surface area contributed by atoms with Crippen molar-refractivity contribution < 1.29 is 13.2 Å². The van der Waals surface area contributed by atoms with E-state index in [0.29, 0.717) is 23.7 Å². The SMILES string of the molecule is CCNc1cccnc1S(=O)(=O)Nc1ccc(OC)cc1. The van der Waals surface area contributed by atoms with Gasteiger partial charge in [-0.1, -0.05) is 0 Å². The van der Waals surface area contributed by atoms with Gasteiger partial charge in [-0.25, -0.2) is 4.98 Å². The van der Waals surface area contributed by atoms with Crippen LogP contribution in [0.15, 0.2) is 47.6 Å². The molecule has 0 aliphatic carbocycles. The summed E-state index contributed by atoms with van der Waals surface area (Å²) in [5.74, 6) is 0.657. The zero-order valence-electron chi connectivity index (χ0n) is 11.8. The molecular weight excluding hydrogens is 290 g/mol. The number of rotatable bonds is 6. The number of hydrogen-bond acceptors (Lipinski definition) is 5. The first-order chi connectivity index (χ1) is 10.1. The maximum atomic E-state index is 12.4. The number of pyridine rings is 1. The fourth-order valence-electron chi connectivity index (χ4n) is 1.79. The number of methoxy groups -OCH3 is 1. The number of ether oxygens (including phenoxy) is 1. The first-order valence-electron chi connectivity index (χ1n) is 6.42. The lowest BCUT2D eigenvalue weighted by Gasteiger charge is -2.12. The fourth-order valence-corrected chi connectivity index (χ4v) is 2.96. The van der Waals surface area contributed by atoms with Crippen LogP contribution in [0.1, 0.15) is 6.92 Å². The van der Waals surface area contributed by atoms with Gasteiger partial charge in [-0.05, 0) is 43.3 Å². The highest BCUT2D eigenvalue weighted by Gasteiger charge is 2.20. The fraction of sp³-hybridized carbons (Fsp3) is 0.214. The molecule has 1 aromatic heterocycles. The first-order valence-corrected chi connectivity index (χ1v) is 7.91. The Labute approximate surface area is 124 Å². The van der Waals surface area contributed by atoms with Gasteiger partial charge in [-0.3, -0.25) is 4.72 Å². The molecule has 1 aromatic carbocycles. The van der Waals surface area contributed by atoms with Crippen LogP contribution in [0.2, 0.25) is 0 Å². The molecule has 0 aliphatic rings. The first kappa shape index (κ1) is 15.1. The average molecular weight is 307 g/mol. The van der Waals surface area contributed by atoms with Crippen LogP contribution in [0.4, 0.5) is 11.4 Å². The summed E-state index contributed by atoms with van der Waals surface area (Å²) in [6, 6.07) is 9.99. The summed E-state index contributed by atoms with van der Waals surface area (Å²) in [5.41, 5.74) is 0.921. The molecule has 7 heteroatoms. The number of anilines is 2. The molecule has 0 saturated carbocycles. The van der Waals surface area contributed by atoms with Crippen molar-refractivity contribution in [3.8, 4) is 5.75 Å². The minimum Gasteiger partial charge on any atom is -0.497 e. The van der Waals surface area contributed by atoms with Crippen molar-refractivity contribution in [1.29, 1.82) is 0 Å². The lowest BCUT2D eigenvalue weighted by molar-refractivity contribution is 0.415. The molecule has 0 amide bonds. The van der Waals surface area contributed by atoms with Gasteiger partial charge in [0.15, 0.2) is 5.03 Å². The predicted octanol–water partition coefficient (Wildman–Crippen LogP) is 2.32. The summed E-state index contributed by atoms with van der Waals surface area (Å²) >= 11 is 0. The third kappa shape index (κ3) is 3.63. The van der Waals surface area contributed by atoms with Crippen LogP contribution < -0.4 is 14.8 Å². The van der Waals surface area contributed by atoms with Crippen LogP contribution in [0.5, 0.6) is 5.75 Å². The molecule has 0 fully saturated rings. The summed E-state index contributed by atoms with van der Waals surface area (Å²) in [6.07, 6.45) is 1.45. The number of hydrogen-bond donors (Lipinski definition) is 2. The Kier molecular flexibility index (Phi) is 4.64. The second kappa shape index (κ2) is 6.45. The lowest BCUT2D eigenvalue weighted by Crippen LogP contribution is -2.17. The summed E-state index contributed by atoms with van der Waals surface area (Å²) in [5, 5.41) is 2.96. The van der Waals surface area contributed by atoms with Gasteiger partial charge >= 0.3 is 0 Å². The van der Waals surface area contributed by atoms with Crippen LogP contribution in [0.3, 0.4) is 0 Å². The third-order valence-corrected chi connectivity index (χ3v) is 4.07. The molecule has 0 radical (unpaired) electrons. The van der Waals surface area contributed by atoms with E-state index in [1.165, 1.54) is 6.20 Å². The molecule has 0 saturated heterocycles. The van der Waals surface area contributed by atoms with Crippen LogP contribution in [-0.4, -0.2) is 27.1 Å². The van der Waals surface area contributed by atoms with E-state index in [4.69, 9.17) is 4.74 Å². The Morgan fingerprint density at radius 2 is 1.90 bits per heavy atom. The number of benzene rings is 1. The molecule has 2 rings (SSSR count). The van der Waals surface area contributed by atoms with Crippen molar-refractivity contribution in [2.75, 3.05) is 23.7 Å². The smallest absolute Gasteiger partial charge is 0.281 e. The monoisotopic (exact) mass is 307 g/mol. The molecule has 21 heavy (non-hydrogen) atoms. The maximum absolute atomic E-state index is 12.4. The lowest BCUT2D eigenvalue weighted by atomic mass is 10.3. The molecule has 0 unspecified atom stereocenters. The number of sulfonamides is 1. The standard InChI is InChI=1S/C14H17N3O3S/c1-3-15-13-5-4-10-16-14(13)21(18,19)17-11-6-8-12(20-2)9-7-11/h4-10,15,17H,3H2,1-2H3. The molecule has 112 valence electrons. The quantitative estimate of drug-likeness (QED) is 0.856. The summed E-state index contributed by atoms with van der Waals surface area (Å²) in [4.78, 5) is 3.96. The molecule has 2 aromatic rings. The minimum absolute atomic E-state index is 0.0253. The highest BCUT2D eigenvalue weighted by molar-refractivity contribution is 7.92. The molecule has 0 aliphatic heterocycles. The Morgan fingerprint density at radius 3 is 2.52 bits per heavy atom. The molecule has 2 N–H and O–H groups in total. The van der Waals surface area contributed by atoms with E-state index in [-0.39, 0.29) is 5.03 Å². The Hall–Kier alpha value is -2.28. The number of nitrogens with zero attached hydrogens (tertiary/aromatic N) is 1. The van der Waals surface area contributed by atoms with E-state index >= 15 is 0 Å². The van der Waals surface area contributed by atoms with Gasteiger partial charge in [0, 0.05) is 18.4 Å². The molecule has 0 atom stereocenters. The van der Waals surface area contributed by atoms with E-state index in [1.54, 1.807) is 43.5 Å². The van der Waals surface area contributed by atoms with Gasteiger partial charge in [0.05, 0.1) is 12.8 Å². The Bertz CT molecular complexity index is 700. The third-order valence-electron chi connectivity index (χ3n) is 2.74. The second-order valence-electron chi connectivity index (χ2n) is 4.22. The van der Waals surface area contributed by atoms with Crippen molar-refractivity contribution in [1.82, 2.24) is 4.98 Å². The summed E-state index contributed by atoms with van der Waals surface area (Å²) in [7, 11) is -2.20. The molecular formula is C14H17N3O3S. The van der Waals surface area contributed by atoms with Gasteiger partial charge in [0.2, 0.25) is 0 Å². The highest BCUT2D eigenvalue weighted by Crippen LogP contribution is 2.22. The van der Waals surface area contributed by atoms with E-state index in [2.05, 4.69) is 15.0 Å². The van der Waals surface area contributed by atoms with Crippen molar-refractivity contribution >= 4 is 21.4 Å².